The van der Waals surface area contributed by atoms with Crippen LogP contribution in [0.3, 0.4) is 0 Å². The fraction of sp³-hybridized carbons (Fsp3) is 0.222. The van der Waals surface area contributed by atoms with E-state index >= 15 is 0 Å². The van der Waals surface area contributed by atoms with Gasteiger partial charge in [0.15, 0.2) is 0 Å². The first-order valence-corrected chi connectivity index (χ1v) is 7.45. The molecule has 0 unspecified atom stereocenters. The number of aryl methyl sites for hydroxylation is 2. The Balaban J connectivity index is 2.09. The third kappa shape index (κ3) is 1.84. The van der Waals surface area contributed by atoms with E-state index in [1.165, 1.54) is 22.4 Å². The Bertz CT molecular complexity index is 863. The van der Waals surface area contributed by atoms with Crippen LogP contribution in [0.25, 0.3) is 22.5 Å². The minimum absolute atomic E-state index is 0.874. The number of hydrogen-bond donors (Lipinski definition) is 0. The normalized spacial score (nSPS) is 13.0. The van der Waals surface area contributed by atoms with Gasteiger partial charge in [0.05, 0.1) is 5.69 Å². The van der Waals surface area contributed by atoms with Crippen molar-refractivity contribution in [1.82, 2.24) is 15.0 Å². The molecule has 2 heterocycles. The molecule has 1 aliphatic rings. The largest absolute Gasteiger partial charge is 0.370 e. The molecule has 0 saturated carbocycles. The van der Waals surface area contributed by atoms with Crippen molar-refractivity contribution in [3.8, 4) is 22.5 Å². The van der Waals surface area contributed by atoms with E-state index in [0.29, 0.717) is 0 Å². The molecule has 1 aromatic heterocycles. The molecule has 0 aliphatic carbocycles. The second-order valence-electron chi connectivity index (χ2n) is 5.94. The van der Waals surface area contributed by atoms with Crippen molar-refractivity contribution >= 4 is 5.69 Å². The number of rotatable bonds is 0. The number of para-hydroxylation sites is 1. The van der Waals surface area contributed by atoms with Crippen LogP contribution >= 0.6 is 0 Å². The molecule has 1 aliphatic heterocycles. The van der Waals surface area contributed by atoms with E-state index < -0.39 is 0 Å². The zero-order valence-electron chi connectivity index (χ0n) is 13.0. The molecule has 2 aromatic carbocycles. The Morgan fingerprint density at radius 1 is 1.00 bits per heavy atom. The molecule has 0 saturated heterocycles. The molecule has 0 spiro atoms. The topological polar surface area (TPSA) is 34.0 Å². The zero-order chi connectivity index (χ0) is 15.3. The Labute approximate surface area is 130 Å². The van der Waals surface area contributed by atoms with E-state index in [0.717, 1.165) is 23.5 Å². The Hall–Kier alpha value is -2.62. The highest BCUT2D eigenvalue weighted by Crippen LogP contribution is 2.40. The fourth-order valence-corrected chi connectivity index (χ4v) is 3.27. The molecule has 0 radical (unpaired) electrons. The van der Waals surface area contributed by atoms with Gasteiger partial charge in [-0.1, -0.05) is 47.2 Å². The number of benzene rings is 2. The lowest BCUT2D eigenvalue weighted by molar-refractivity contribution is 0.720. The van der Waals surface area contributed by atoms with Crippen molar-refractivity contribution in [3.63, 3.8) is 0 Å². The third-order valence-corrected chi connectivity index (χ3v) is 4.32. The van der Waals surface area contributed by atoms with Crippen molar-refractivity contribution in [2.45, 2.75) is 13.5 Å². The van der Waals surface area contributed by atoms with Gasteiger partial charge in [0.1, 0.15) is 5.69 Å². The summed E-state index contributed by atoms with van der Waals surface area (Å²) in [6.07, 6.45) is 0. The van der Waals surface area contributed by atoms with E-state index in [1.54, 1.807) is 0 Å². The summed E-state index contributed by atoms with van der Waals surface area (Å²) in [4.78, 5) is 2.28. The predicted octanol–water partition coefficient (Wildman–Crippen LogP) is 3.41. The van der Waals surface area contributed by atoms with E-state index in [2.05, 4.69) is 71.6 Å². The van der Waals surface area contributed by atoms with Gasteiger partial charge in [0.2, 0.25) is 0 Å². The van der Waals surface area contributed by atoms with E-state index in [-0.39, 0.29) is 0 Å². The number of nitrogens with zero attached hydrogens (tertiary/aromatic N) is 4. The van der Waals surface area contributed by atoms with Gasteiger partial charge >= 0.3 is 0 Å². The van der Waals surface area contributed by atoms with Crippen LogP contribution < -0.4 is 4.90 Å². The highest BCUT2D eigenvalue weighted by molar-refractivity contribution is 5.87. The van der Waals surface area contributed by atoms with Gasteiger partial charge < -0.3 is 4.90 Å². The molecule has 4 heteroatoms. The van der Waals surface area contributed by atoms with Gasteiger partial charge in [-0.3, -0.25) is 0 Å². The fourth-order valence-electron chi connectivity index (χ4n) is 3.27. The van der Waals surface area contributed by atoms with Crippen LogP contribution in [0.2, 0.25) is 0 Å². The van der Waals surface area contributed by atoms with E-state index in [9.17, 15) is 0 Å². The average molecular weight is 290 g/mol. The highest BCUT2D eigenvalue weighted by atomic mass is 15.4. The summed E-state index contributed by atoms with van der Waals surface area (Å²) in [6.45, 7) is 3.01. The lowest BCUT2D eigenvalue weighted by Crippen LogP contribution is -2.19. The average Bonchev–Trinajstić information content (AvgIpc) is 2.88. The van der Waals surface area contributed by atoms with Gasteiger partial charge in [-0.25, -0.2) is 4.68 Å². The molecule has 0 amide bonds. The molecule has 0 fully saturated rings. The number of anilines is 1. The first kappa shape index (κ1) is 13.1. The molecule has 3 aromatic rings. The minimum Gasteiger partial charge on any atom is -0.370 e. The first-order chi connectivity index (χ1) is 10.6. The molecule has 4 nitrogen and oxygen atoms in total. The van der Waals surface area contributed by atoms with Crippen LogP contribution in [0.15, 0.2) is 42.5 Å². The quantitative estimate of drug-likeness (QED) is 0.636. The molecule has 0 atom stereocenters. The minimum atomic E-state index is 0.874. The third-order valence-electron chi connectivity index (χ3n) is 4.32. The Morgan fingerprint density at radius 3 is 2.68 bits per heavy atom. The summed E-state index contributed by atoms with van der Waals surface area (Å²) in [5.74, 6) is 0. The Morgan fingerprint density at radius 2 is 1.82 bits per heavy atom. The maximum absolute atomic E-state index is 4.44. The monoisotopic (exact) mass is 290 g/mol. The van der Waals surface area contributed by atoms with Crippen molar-refractivity contribution in [1.29, 1.82) is 0 Å². The van der Waals surface area contributed by atoms with Crippen molar-refractivity contribution in [3.05, 3.63) is 53.6 Å². The van der Waals surface area contributed by atoms with Crippen LogP contribution in [0.5, 0.6) is 0 Å². The standard InChI is InChI=1S/C18H18N4/c1-12-8-9-14-13(10-12)11-21(2)16-7-5-4-6-15(16)17-18(14)22(3)20-19-17/h4-10H,11H2,1-3H3. The molecule has 4 rings (SSSR count). The summed E-state index contributed by atoms with van der Waals surface area (Å²) in [7, 11) is 4.09. The second kappa shape index (κ2) is 4.70. The number of aromatic nitrogens is 3. The number of fused-ring (bicyclic) bond motifs is 5. The summed E-state index contributed by atoms with van der Waals surface area (Å²) in [5.41, 5.74) is 8.18. The van der Waals surface area contributed by atoms with Gasteiger partial charge in [-0.2, -0.15) is 0 Å². The van der Waals surface area contributed by atoms with Gasteiger partial charge in [0, 0.05) is 37.5 Å². The molecule has 110 valence electrons. The maximum atomic E-state index is 4.44. The SMILES string of the molecule is Cc1ccc2c(c1)CN(C)c1ccccc1-c1nnn(C)c1-2. The molecule has 0 bridgehead atoms. The van der Waals surface area contributed by atoms with Gasteiger partial charge in [-0.05, 0) is 18.6 Å². The van der Waals surface area contributed by atoms with Crippen LogP contribution in [0.4, 0.5) is 5.69 Å². The van der Waals surface area contributed by atoms with Crippen LogP contribution in [0, 0.1) is 6.92 Å². The first-order valence-electron chi connectivity index (χ1n) is 7.45. The van der Waals surface area contributed by atoms with Crippen LogP contribution in [-0.2, 0) is 13.6 Å². The lowest BCUT2D eigenvalue weighted by atomic mass is 9.95. The van der Waals surface area contributed by atoms with E-state index in [1.807, 2.05) is 11.7 Å². The summed E-state index contributed by atoms with van der Waals surface area (Å²) < 4.78 is 1.88. The zero-order valence-corrected chi connectivity index (χ0v) is 13.0. The van der Waals surface area contributed by atoms with E-state index in [4.69, 9.17) is 0 Å². The molecular weight excluding hydrogens is 272 g/mol. The lowest BCUT2D eigenvalue weighted by Gasteiger charge is -2.26. The second-order valence-corrected chi connectivity index (χ2v) is 5.94. The summed E-state index contributed by atoms with van der Waals surface area (Å²) in [6, 6.07) is 15.0. The smallest absolute Gasteiger partial charge is 0.123 e. The van der Waals surface area contributed by atoms with Crippen LogP contribution in [0.1, 0.15) is 11.1 Å². The highest BCUT2D eigenvalue weighted by Gasteiger charge is 2.24. The molecule has 0 N–H and O–H groups in total. The van der Waals surface area contributed by atoms with Crippen LogP contribution in [-0.4, -0.2) is 22.0 Å². The van der Waals surface area contributed by atoms with Crippen molar-refractivity contribution in [2.24, 2.45) is 7.05 Å². The summed E-state index contributed by atoms with van der Waals surface area (Å²) in [5, 5.41) is 8.72. The number of hydrogen-bond acceptors (Lipinski definition) is 3. The predicted molar refractivity (Wildman–Crippen MR) is 88.7 cm³/mol. The maximum Gasteiger partial charge on any atom is 0.123 e. The van der Waals surface area contributed by atoms with Gasteiger partial charge in [-0.15, -0.1) is 5.10 Å². The molecular formula is C18H18N4. The Kier molecular flexibility index (Phi) is 2.79. The van der Waals surface area contributed by atoms with Crippen molar-refractivity contribution in [2.75, 3.05) is 11.9 Å². The van der Waals surface area contributed by atoms with Gasteiger partial charge in [0.25, 0.3) is 0 Å². The van der Waals surface area contributed by atoms with Crippen molar-refractivity contribution < 1.29 is 0 Å². The summed E-state index contributed by atoms with van der Waals surface area (Å²) >= 11 is 0. The molecule has 22 heavy (non-hydrogen) atoms.